The molecule has 1 aliphatic carbocycles. The van der Waals surface area contributed by atoms with E-state index < -0.39 is 7.14 Å². The maximum atomic E-state index is 13.2. The van der Waals surface area contributed by atoms with Crippen LogP contribution in [0.3, 0.4) is 0 Å². The van der Waals surface area contributed by atoms with Crippen molar-refractivity contribution in [2.45, 2.75) is 12.1 Å². The molecule has 44 heavy (non-hydrogen) atoms. The third kappa shape index (κ3) is 4.60. The van der Waals surface area contributed by atoms with E-state index >= 15 is 0 Å². The molecule has 0 heterocycles. The van der Waals surface area contributed by atoms with Crippen molar-refractivity contribution in [3.8, 4) is 22.3 Å². The Morgan fingerprint density at radius 3 is 1.32 bits per heavy atom. The van der Waals surface area contributed by atoms with Gasteiger partial charge in [0.15, 0.2) is 0 Å². The predicted octanol–water partition coefficient (Wildman–Crippen LogP) is 12.0. The quantitative estimate of drug-likeness (QED) is 0.149. The summed E-state index contributed by atoms with van der Waals surface area (Å²) in [6.45, 7) is 3.83. The van der Waals surface area contributed by atoms with Crippen molar-refractivity contribution in [3.63, 3.8) is 0 Å². The van der Waals surface area contributed by atoms with Crippen LogP contribution in [0.15, 0.2) is 146 Å². The van der Waals surface area contributed by atoms with Gasteiger partial charge in [0.05, 0.1) is 7.14 Å². The maximum absolute atomic E-state index is 13.2. The lowest BCUT2D eigenvalue weighted by Gasteiger charge is -2.22. The second-order valence-corrected chi connectivity index (χ2v) is 16.0. The number of fused-ring (bicyclic) bond motifs is 4. The summed E-state index contributed by atoms with van der Waals surface area (Å²) in [7, 11) is -2.30. The smallest absolute Gasteiger partial charge is 0.0887 e. The molecule has 2 heteroatoms. The summed E-state index contributed by atoms with van der Waals surface area (Å²) >= 11 is 0. The number of rotatable bonds is 4. The predicted molar refractivity (Wildman–Crippen MR) is 192 cm³/mol. The van der Waals surface area contributed by atoms with E-state index in [9.17, 15) is 4.57 Å². The minimum absolute atomic E-state index is 0.0476. The molecule has 1 aliphatic rings. The monoisotopic (exact) mass is 584 g/mol. The molecular formula is C42H33OP. The Labute approximate surface area is 258 Å². The molecule has 0 saturated heterocycles. The first-order valence-electron chi connectivity index (χ1n) is 15.3. The zero-order valence-electron chi connectivity index (χ0n) is 25.0. The van der Waals surface area contributed by atoms with Gasteiger partial charge in [-0.05, 0) is 127 Å². The Morgan fingerprint density at radius 1 is 0.523 bits per heavy atom. The van der Waals surface area contributed by atoms with E-state index in [1.807, 2.05) is 13.3 Å². The molecule has 7 aromatic carbocycles. The van der Waals surface area contributed by atoms with Gasteiger partial charge in [0.25, 0.3) is 0 Å². The number of hydrogen-bond acceptors (Lipinski definition) is 1. The van der Waals surface area contributed by atoms with Crippen LogP contribution in [0.4, 0.5) is 0 Å². The van der Waals surface area contributed by atoms with Gasteiger partial charge in [-0.15, -0.1) is 0 Å². The highest BCUT2D eigenvalue weighted by molar-refractivity contribution is 7.63. The normalized spacial score (nSPS) is 15.3. The molecule has 1 nitrogen and oxygen atoms in total. The summed E-state index contributed by atoms with van der Waals surface area (Å²) in [6, 6.07) is 46.6. The lowest BCUT2D eigenvalue weighted by atomic mass is 9.85. The average molecular weight is 585 g/mol. The molecule has 0 radical (unpaired) electrons. The zero-order valence-corrected chi connectivity index (χ0v) is 25.9. The van der Waals surface area contributed by atoms with E-state index in [0.717, 1.165) is 17.6 Å². The molecule has 0 fully saturated rings. The fourth-order valence-electron chi connectivity index (χ4n) is 7.02. The van der Waals surface area contributed by atoms with Crippen LogP contribution in [0.5, 0.6) is 0 Å². The van der Waals surface area contributed by atoms with Crippen LogP contribution >= 0.6 is 7.14 Å². The minimum Gasteiger partial charge on any atom is -0.324 e. The van der Waals surface area contributed by atoms with Crippen LogP contribution in [-0.4, -0.2) is 19.0 Å². The standard InChI is InChI=1S/C42H33OP/c1-44(2,43)36-17-11-16-28(27-36)33-24-34(41-37-18-7-3-12-29(37)22-30-13-4-8-19-38(30)41)26-35(25-33)42-39-20-9-5-14-31(39)23-32-15-6-10-21-40(32)42/h3-16,18-27,36H,17H2,1-2H3. The first kappa shape index (κ1) is 26.9. The number of allylic oxidation sites excluding steroid dienone is 4. The van der Waals surface area contributed by atoms with Crippen LogP contribution < -0.4 is 0 Å². The Bertz CT molecular complexity index is 2120. The molecule has 0 aliphatic heterocycles. The van der Waals surface area contributed by atoms with Crippen molar-refractivity contribution < 1.29 is 4.57 Å². The lowest BCUT2D eigenvalue weighted by molar-refractivity contribution is 0.577. The van der Waals surface area contributed by atoms with Crippen molar-refractivity contribution in [2.24, 2.45) is 0 Å². The minimum atomic E-state index is -2.30. The second-order valence-electron chi connectivity index (χ2n) is 12.4. The molecule has 0 saturated carbocycles. The number of benzene rings is 7. The van der Waals surface area contributed by atoms with Gasteiger partial charge in [-0.1, -0.05) is 115 Å². The molecule has 0 amide bonds. The topological polar surface area (TPSA) is 17.1 Å². The zero-order chi connectivity index (χ0) is 29.8. The van der Waals surface area contributed by atoms with Gasteiger partial charge in [0.1, 0.15) is 0 Å². The van der Waals surface area contributed by atoms with Crippen LogP contribution in [0.25, 0.3) is 70.9 Å². The first-order valence-corrected chi connectivity index (χ1v) is 18.0. The molecule has 1 atom stereocenters. The van der Waals surface area contributed by atoms with Crippen LogP contribution in [-0.2, 0) is 4.57 Å². The van der Waals surface area contributed by atoms with Crippen LogP contribution in [0.2, 0.25) is 0 Å². The largest absolute Gasteiger partial charge is 0.324 e. The van der Waals surface area contributed by atoms with Crippen molar-refractivity contribution in [2.75, 3.05) is 13.3 Å². The molecule has 0 bridgehead atoms. The summed E-state index contributed by atoms with van der Waals surface area (Å²) in [5.41, 5.74) is 7.22. The van der Waals surface area contributed by atoms with Gasteiger partial charge in [-0.25, -0.2) is 0 Å². The summed E-state index contributed by atoms with van der Waals surface area (Å²) in [5.74, 6) is 0. The highest BCUT2D eigenvalue weighted by Gasteiger charge is 2.23. The average Bonchev–Trinajstić information content (AvgIpc) is 3.05. The van der Waals surface area contributed by atoms with Crippen LogP contribution in [0, 0.1) is 0 Å². The Morgan fingerprint density at radius 2 is 0.909 bits per heavy atom. The van der Waals surface area contributed by atoms with E-state index in [1.54, 1.807) is 0 Å². The van der Waals surface area contributed by atoms with Gasteiger partial charge in [-0.3, -0.25) is 0 Å². The summed E-state index contributed by atoms with van der Waals surface area (Å²) in [4.78, 5) is 0. The van der Waals surface area contributed by atoms with E-state index in [-0.39, 0.29) is 5.66 Å². The van der Waals surface area contributed by atoms with Gasteiger partial charge in [0, 0.05) is 5.66 Å². The van der Waals surface area contributed by atoms with Gasteiger partial charge < -0.3 is 4.57 Å². The third-order valence-corrected chi connectivity index (χ3v) is 11.2. The molecule has 0 N–H and O–H groups in total. The van der Waals surface area contributed by atoms with Crippen molar-refractivity contribution in [1.82, 2.24) is 0 Å². The van der Waals surface area contributed by atoms with Crippen molar-refractivity contribution in [3.05, 3.63) is 151 Å². The van der Waals surface area contributed by atoms with Crippen molar-refractivity contribution in [1.29, 1.82) is 0 Å². The summed E-state index contributed by atoms with van der Waals surface area (Å²) < 4.78 is 13.2. The van der Waals surface area contributed by atoms with Gasteiger partial charge in [-0.2, -0.15) is 0 Å². The lowest BCUT2D eigenvalue weighted by Crippen LogP contribution is -2.06. The Kier molecular flexibility index (Phi) is 6.40. The first-order chi connectivity index (χ1) is 21.4. The molecule has 7 aromatic rings. The molecule has 8 rings (SSSR count). The summed E-state index contributed by atoms with van der Waals surface area (Å²) in [6.07, 6.45) is 7.50. The van der Waals surface area contributed by atoms with Gasteiger partial charge >= 0.3 is 0 Å². The fourth-order valence-corrected chi connectivity index (χ4v) is 8.17. The molecule has 212 valence electrons. The van der Waals surface area contributed by atoms with Crippen molar-refractivity contribution >= 4 is 55.8 Å². The van der Waals surface area contributed by atoms with E-state index in [4.69, 9.17) is 0 Å². The Hall–Kier alpha value is -4.71. The van der Waals surface area contributed by atoms with Gasteiger partial charge in [0.2, 0.25) is 0 Å². The molecular weight excluding hydrogens is 551 g/mol. The highest BCUT2D eigenvalue weighted by atomic mass is 31.2. The second kappa shape index (κ2) is 10.5. The SMILES string of the molecule is CP(C)(=O)C1C=C(c2cc(-c3c4ccccc4cc4ccccc34)cc(-c3c4ccccc4cc4ccccc34)c2)C=CC1. The fraction of sp³-hybridized carbons (Fsp3) is 0.0952. The number of hydrogen-bond donors (Lipinski definition) is 0. The third-order valence-electron chi connectivity index (χ3n) is 9.23. The van der Waals surface area contributed by atoms with E-state index in [0.29, 0.717) is 0 Å². The summed E-state index contributed by atoms with van der Waals surface area (Å²) in [5, 5.41) is 9.92. The molecule has 1 unspecified atom stereocenters. The molecule has 0 aromatic heterocycles. The van der Waals surface area contributed by atoms with E-state index in [2.05, 4.69) is 146 Å². The van der Waals surface area contributed by atoms with Crippen LogP contribution in [0.1, 0.15) is 12.0 Å². The van der Waals surface area contributed by atoms with E-state index in [1.165, 1.54) is 65.3 Å². The Balaban J connectivity index is 1.50. The molecule has 0 spiro atoms. The maximum Gasteiger partial charge on any atom is 0.0887 e. The highest BCUT2D eigenvalue weighted by Crippen LogP contribution is 2.48.